The van der Waals surface area contributed by atoms with E-state index in [0.29, 0.717) is 23.4 Å². The van der Waals surface area contributed by atoms with E-state index in [1.54, 1.807) is 0 Å². The minimum absolute atomic E-state index is 0.217. The predicted octanol–water partition coefficient (Wildman–Crippen LogP) is 4.46. The quantitative estimate of drug-likeness (QED) is 0.796. The molecular weight excluding hydrogens is 334 g/mol. The normalized spacial score (nSPS) is 46.3. The van der Waals surface area contributed by atoms with Crippen LogP contribution in [0, 0.1) is 34.5 Å². The fraction of sp³-hybridized carbons (Fsp3) is 0.833. The van der Waals surface area contributed by atoms with Crippen LogP contribution in [-0.4, -0.2) is 24.2 Å². The lowest BCUT2D eigenvalue weighted by molar-refractivity contribution is -0.128. The van der Waals surface area contributed by atoms with Gasteiger partial charge in [-0.3, -0.25) is 9.59 Å². The zero-order chi connectivity index (χ0) is 18.8. The van der Waals surface area contributed by atoms with Crippen LogP contribution in [0.15, 0.2) is 11.6 Å². The summed E-state index contributed by atoms with van der Waals surface area (Å²) in [4.78, 5) is 24.5. The Morgan fingerprint density at radius 2 is 1.89 bits per heavy atom. The van der Waals surface area contributed by atoms with Crippen LogP contribution in [0.25, 0.3) is 0 Å². The van der Waals surface area contributed by atoms with Crippen molar-refractivity contribution in [3.63, 3.8) is 0 Å². The van der Waals surface area contributed by atoms with Crippen LogP contribution >= 0.6 is 0 Å². The van der Waals surface area contributed by atoms with Crippen molar-refractivity contribution in [1.82, 2.24) is 5.32 Å². The van der Waals surface area contributed by atoms with E-state index >= 15 is 0 Å². The first kappa shape index (κ1) is 18.1. The van der Waals surface area contributed by atoms with E-state index in [1.807, 2.05) is 13.0 Å². The lowest BCUT2D eigenvalue weighted by Crippen LogP contribution is -2.55. The van der Waals surface area contributed by atoms with Gasteiger partial charge in [0.15, 0.2) is 5.78 Å². The minimum atomic E-state index is 0.217. The summed E-state index contributed by atoms with van der Waals surface area (Å²) in [5, 5.41) is 3.85. The number of carbonyl (C=O) groups excluding carboxylic acids is 2. The summed E-state index contributed by atoms with van der Waals surface area (Å²) in [6.07, 6.45) is 13.6. The molecular formula is C24H35NO2. The molecule has 0 amide bonds. The average Bonchev–Trinajstić information content (AvgIpc) is 3.39. The maximum atomic E-state index is 12.3. The van der Waals surface area contributed by atoms with Gasteiger partial charge in [-0.1, -0.05) is 12.5 Å². The number of carbonyl (C=O) groups is 2. The Balaban J connectivity index is 1.47. The summed E-state index contributed by atoms with van der Waals surface area (Å²) < 4.78 is 0. The lowest BCUT2D eigenvalue weighted by atomic mass is 9.46. The SMILES string of the molecule is CC(=O)[C@H]1CC[C@H]2[C@@H]3CCC4=CC(=O)CC[C@]4(CNC4CC4)[C@H]3CC[C@]12C. The number of ketones is 2. The Hall–Kier alpha value is -0.960. The molecule has 5 rings (SSSR count). The topological polar surface area (TPSA) is 46.2 Å². The zero-order valence-corrected chi connectivity index (χ0v) is 17.1. The number of Topliss-reactive ketones (excluding diaryl/α,β-unsaturated/α-hetero) is 1. The molecule has 148 valence electrons. The average molecular weight is 370 g/mol. The first-order chi connectivity index (χ1) is 12.9. The standard InChI is InChI=1S/C24H35NO2/c1-15(26)20-7-8-21-19-6-3-16-13-18(27)9-12-24(16,14-25-17-4-5-17)22(19)10-11-23(20,21)2/h13,17,19-22,25H,3-12,14H2,1-2H3/t19-,20+,21-,22-,23+,24+/m0/s1. The van der Waals surface area contributed by atoms with Gasteiger partial charge in [-0.05, 0) is 94.0 Å². The molecule has 5 aliphatic rings. The summed E-state index contributed by atoms with van der Waals surface area (Å²) in [6, 6.07) is 0.723. The molecule has 0 spiro atoms. The Morgan fingerprint density at radius 3 is 2.63 bits per heavy atom. The van der Waals surface area contributed by atoms with Crippen molar-refractivity contribution in [2.24, 2.45) is 34.5 Å². The Labute approximate surface area is 163 Å². The fourth-order valence-corrected chi connectivity index (χ4v) is 7.97. The molecule has 27 heavy (non-hydrogen) atoms. The summed E-state index contributed by atoms with van der Waals surface area (Å²) in [5.41, 5.74) is 1.91. The number of hydrogen-bond donors (Lipinski definition) is 1. The number of rotatable bonds is 4. The first-order valence-electron chi connectivity index (χ1n) is 11.4. The molecule has 0 aromatic rings. The molecule has 5 aliphatic carbocycles. The second-order valence-electron chi connectivity index (χ2n) is 10.6. The third-order valence-electron chi connectivity index (χ3n) is 9.46. The third kappa shape index (κ3) is 2.71. The Morgan fingerprint density at radius 1 is 1.07 bits per heavy atom. The molecule has 1 N–H and O–H groups in total. The van der Waals surface area contributed by atoms with E-state index in [1.165, 1.54) is 44.1 Å². The summed E-state index contributed by atoms with van der Waals surface area (Å²) >= 11 is 0. The molecule has 0 saturated heterocycles. The smallest absolute Gasteiger partial charge is 0.155 e. The van der Waals surface area contributed by atoms with E-state index in [4.69, 9.17) is 0 Å². The van der Waals surface area contributed by atoms with Crippen LogP contribution in [0.2, 0.25) is 0 Å². The maximum Gasteiger partial charge on any atom is 0.155 e. The van der Waals surface area contributed by atoms with Crippen LogP contribution in [0.1, 0.15) is 78.1 Å². The van der Waals surface area contributed by atoms with Crippen molar-refractivity contribution < 1.29 is 9.59 Å². The monoisotopic (exact) mass is 369 g/mol. The zero-order valence-electron chi connectivity index (χ0n) is 17.1. The minimum Gasteiger partial charge on any atom is -0.313 e. The highest BCUT2D eigenvalue weighted by molar-refractivity contribution is 5.91. The summed E-state index contributed by atoms with van der Waals surface area (Å²) in [6.45, 7) is 5.33. The van der Waals surface area contributed by atoms with E-state index in [9.17, 15) is 9.59 Å². The highest BCUT2D eigenvalue weighted by Crippen LogP contribution is 2.66. The van der Waals surface area contributed by atoms with E-state index < -0.39 is 0 Å². The second-order valence-corrected chi connectivity index (χ2v) is 10.6. The Bertz CT molecular complexity index is 692. The van der Waals surface area contributed by atoms with Gasteiger partial charge in [0.25, 0.3) is 0 Å². The number of hydrogen-bond acceptors (Lipinski definition) is 3. The lowest BCUT2D eigenvalue weighted by Gasteiger charge is -2.59. The van der Waals surface area contributed by atoms with E-state index in [-0.39, 0.29) is 16.7 Å². The number of nitrogens with one attached hydrogen (secondary N) is 1. The van der Waals surface area contributed by atoms with Crippen molar-refractivity contribution in [1.29, 1.82) is 0 Å². The van der Waals surface area contributed by atoms with Crippen molar-refractivity contribution in [2.45, 2.75) is 84.1 Å². The van der Waals surface area contributed by atoms with Crippen LogP contribution in [-0.2, 0) is 9.59 Å². The van der Waals surface area contributed by atoms with Gasteiger partial charge in [-0.25, -0.2) is 0 Å². The molecule has 0 unspecified atom stereocenters. The molecule has 0 heterocycles. The van der Waals surface area contributed by atoms with Gasteiger partial charge in [0, 0.05) is 30.3 Å². The first-order valence-corrected chi connectivity index (χ1v) is 11.4. The largest absolute Gasteiger partial charge is 0.313 e. The molecule has 4 fully saturated rings. The van der Waals surface area contributed by atoms with Gasteiger partial charge in [0.2, 0.25) is 0 Å². The molecule has 3 heteroatoms. The highest BCUT2D eigenvalue weighted by atomic mass is 16.1. The van der Waals surface area contributed by atoms with Crippen molar-refractivity contribution in [3.05, 3.63) is 11.6 Å². The molecule has 0 radical (unpaired) electrons. The van der Waals surface area contributed by atoms with Crippen molar-refractivity contribution in [3.8, 4) is 0 Å². The summed E-state index contributed by atoms with van der Waals surface area (Å²) in [7, 11) is 0. The fourth-order valence-electron chi connectivity index (χ4n) is 7.97. The molecule has 3 nitrogen and oxygen atoms in total. The van der Waals surface area contributed by atoms with Crippen LogP contribution < -0.4 is 5.32 Å². The molecule has 4 saturated carbocycles. The van der Waals surface area contributed by atoms with Gasteiger partial charge in [0.05, 0.1) is 0 Å². The van der Waals surface area contributed by atoms with Crippen LogP contribution in [0.4, 0.5) is 0 Å². The maximum absolute atomic E-state index is 12.3. The van der Waals surface area contributed by atoms with Gasteiger partial charge in [0.1, 0.15) is 5.78 Å². The third-order valence-corrected chi connectivity index (χ3v) is 9.46. The second kappa shape index (κ2) is 6.27. The van der Waals surface area contributed by atoms with Gasteiger partial charge in [-0.2, -0.15) is 0 Å². The molecule has 0 bridgehead atoms. The van der Waals surface area contributed by atoms with Gasteiger partial charge in [-0.15, -0.1) is 0 Å². The van der Waals surface area contributed by atoms with E-state index in [2.05, 4.69) is 12.2 Å². The number of fused-ring (bicyclic) bond motifs is 5. The molecule has 0 aromatic carbocycles. The molecule has 0 aromatic heterocycles. The van der Waals surface area contributed by atoms with E-state index in [0.717, 1.165) is 44.2 Å². The van der Waals surface area contributed by atoms with Gasteiger partial charge < -0.3 is 5.32 Å². The Kier molecular flexibility index (Phi) is 4.20. The molecule has 6 atom stereocenters. The van der Waals surface area contributed by atoms with Crippen LogP contribution in [0.5, 0.6) is 0 Å². The van der Waals surface area contributed by atoms with Crippen LogP contribution in [0.3, 0.4) is 0 Å². The van der Waals surface area contributed by atoms with Crippen molar-refractivity contribution >= 4 is 11.6 Å². The molecule has 0 aliphatic heterocycles. The summed E-state index contributed by atoms with van der Waals surface area (Å²) in [5.74, 6) is 3.22. The predicted molar refractivity (Wildman–Crippen MR) is 106 cm³/mol. The van der Waals surface area contributed by atoms with Gasteiger partial charge >= 0.3 is 0 Å². The van der Waals surface area contributed by atoms with Crippen molar-refractivity contribution in [2.75, 3.05) is 6.54 Å². The highest BCUT2D eigenvalue weighted by Gasteiger charge is 2.60.